The van der Waals surface area contributed by atoms with Gasteiger partial charge in [0, 0.05) is 5.56 Å². The minimum absolute atomic E-state index is 0.120. The molecule has 1 atom stereocenters. The summed E-state index contributed by atoms with van der Waals surface area (Å²) in [6.45, 7) is 0.231. The van der Waals surface area contributed by atoms with Gasteiger partial charge in [0.2, 0.25) is 0 Å². The third-order valence-electron chi connectivity index (χ3n) is 3.05. The zero-order valence-electron chi connectivity index (χ0n) is 10.8. The van der Waals surface area contributed by atoms with Gasteiger partial charge in [-0.3, -0.25) is 9.59 Å². The van der Waals surface area contributed by atoms with Crippen LogP contribution in [0.5, 0.6) is 0 Å². The highest BCUT2D eigenvalue weighted by Crippen LogP contribution is 2.11. The van der Waals surface area contributed by atoms with Gasteiger partial charge in [0.25, 0.3) is 5.91 Å². The SMILES string of the molecule is O=C(O)C[C@H](NC(=O)c1ccc2c(c1)B(O)OC2)C(=O)O. The second-order valence-electron chi connectivity index (χ2n) is 4.54. The van der Waals surface area contributed by atoms with Crippen molar-refractivity contribution in [3.05, 3.63) is 29.3 Å². The van der Waals surface area contributed by atoms with E-state index in [1.54, 1.807) is 6.07 Å². The van der Waals surface area contributed by atoms with Gasteiger partial charge in [0.1, 0.15) is 6.04 Å². The van der Waals surface area contributed by atoms with Gasteiger partial charge >= 0.3 is 19.1 Å². The number of carbonyl (C=O) groups is 3. The number of carboxylic acid groups (broad SMARTS) is 2. The molecule has 1 heterocycles. The zero-order valence-corrected chi connectivity index (χ0v) is 10.8. The van der Waals surface area contributed by atoms with Gasteiger partial charge in [-0.25, -0.2) is 4.79 Å². The van der Waals surface area contributed by atoms with Crippen molar-refractivity contribution in [1.29, 1.82) is 0 Å². The van der Waals surface area contributed by atoms with Crippen LogP contribution in [-0.2, 0) is 20.9 Å². The molecule has 9 heteroatoms. The molecule has 0 saturated carbocycles. The molecule has 0 aliphatic carbocycles. The molecule has 0 radical (unpaired) electrons. The van der Waals surface area contributed by atoms with Crippen molar-refractivity contribution in [2.24, 2.45) is 0 Å². The Hall–Kier alpha value is -2.39. The molecule has 1 aromatic rings. The van der Waals surface area contributed by atoms with E-state index >= 15 is 0 Å². The lowest BCUT2D eigenvalue weighted by molar-refractivity contribution is -0.145. The summed E-state index contributed by atoms with van der Waals surface area (Å²) in [5, 5.41) is 29.2. The fraction of sp³-hybridized carbons (Fsp3) is 0.250. The van der Waals surface area contributed by atoms with Gasteiger partial charge in [-0.2, -0.15) is 0 Å². The Morgan fingerprint density at radius 3 is 2.67 bits per heavy atom. The van der Waals surface area contributed by atoms with Crippen LogP contribution in [0.4, 0.5) is 0 Å². The molecule has 0 spiro atoms. The van der Waals surface area contributed by atoms with Gasteiger partial charge < -0.3 is 25.2 Å². The van der Waals surface area contributed by atoms with Crippen LogP contribution in [0.2, 0.25) is 0 Å². The van der Waals surface area contributed by atoms with Gasteiger partial charge in [0.05, 0.1) is 13.0 Å². The van der Waals surface area contributed by atoms with Crippen molar-refractivity contribution in [3.8, 4) is 0 Å². The summed E-state index contributed by atoms with van der Waals surface area (Å²) in [6, 6.07) is 2.91. The van der Waals surface area contributed by atoms with Gasteiger partial charge in [-0.05, 0) is 23.2 Å². The first kappa shape index (κ1) is 15.0. The number of benzene rings is 1. The number of amides is 1. The Morgan fingerprint density at radius 2 is 2.05 bits per heavy atom. The Bertz CT molecular complexity index is 603. The van der Waals surface area contributed by atoms with E-state index in [9.17, 15) is 19.4 Å². The molecule has 110 valence electrons. The quantitative estimate of drug-likeness (QED) is 0.489. The predicted octanol–water partition coefficient (Wildman–Crippen LogP) is -1.44. The largest absolute Gasteiger partial charge is 0.491 e. The average Bonchev–Trinajstić information content (AvgIpc) is 2.78. The molecule has 0 saturated heterocycles. The van der Waals surface area contributed by atoms with E-state index in [1.165, 1.54) is 12.1 Å². The van der Waals surface area contributed by atoms with E-state index in [-0.39, 0.29) is 12.2 Å². The summed E-state index contributed by atoms with van der Waals surface area (Å²) in [7, 11) is -1.12. The molecular weight excluding hydrogens is 281 g/mol. The van der Waals surface area contributed by atoms with Crippen molar-refractivity contribution in [1.82, 2.24) is 5.32 Å². The topological polar surface area (TPSA) is 133 Å². The van der Waals surface area contributed by atoms with Gasteiger partial charge in [-0.1, -0.05) is 6.07 Å². The molecule has 1 aromatic carbocycles. The number of rotatable bonds is 5. The van der Waals surface area contributed by atoms with Crippen LogP contribution in [0.3, 0.4) is 0 Å². The maximum atomic E-state index is 12.0. The molecular formula is C12H12BNO7. The number of fused-ring (bicyclic) bond motifs is 1. The third kappa shape index (κ3) is 3.39. The summed E-state index contributed by atoms with van der Waals surface area (Å²) in [6.07, 6.45) is -0.724. The minimum Gasteiger partial charge on any atom is -0.481 e. The number of carbonyl (C=O) groups excluding carboxylic acids is 1. The van der Waals surface area contributed by atoms with Crippen molar-refractivity contribution < 1.29 is 34.3 Å². The first-order valence-electron chi connectivity index (χ1n) is 6.06. The highest BCUT2D eigenvalue weighted by atomic mass is 16.5. The van der Waals surface area contributed by atoms with E-state index in [4.69, 9.17) is 14.9 Å². The summed E-state index contributed by atoms with van der Waals surface area (Å²) in [5.74, 6) is -3.50. The standard InChI is InChI=1S/C12H12BNO7/c15-10(16)4-9(12(18)19)14-11(17)6-1-2-7-5-21-13(20)8(7)3-6/h1-3,9,20H,4-5H2,(H,14,17)(H,15,16)(H,18,19)/t9-/m0/s1. The molecule has 1 aliphatic heterocycles. The lowest BCUT2D eigenvalue weighted by Crippen LogP contribution is -2.42. The van der Waals surface area contributed by atoms with Crippen LogP contribution in [0.1, 0.15) is 22.3 Å². The Labute approximate surface area is 119 Å². The Balaban J connectivity index is 2.14. The lowest BCUT2D eigenvalue weighted by Gasteiger charge is -2.12. The van der Waals surface area contributed by atoms with Crippen molar-refractivity contribution in [2.75, 3.05) is 0 Å². The minimum atomic E-state index is -1.52. The van der Waals surface area contributed by atoms with Crippen LogP contribution in [0.15, 0.2) is 18.2 Å². The maximum absolute atomic E-state index is 12.0. The Kier molecular flexibility index (Phi) is 4.25. The summed E-state index contributed by atoms with van der Waals surface area (Å²) in [5.41, 5.74) is 1.29. The van der Waals surface area contributed by atoms with Crippen LogP contribution in [0.25, 0.3) is 0 Å². The molecule has 21 heavy (non-hydrogen) atoms. The monoisotopic (exact) mass is 293 g/mol. The summed E-state index contributed by atoms with van der Waals surface area (Å²) < 4.78 is 4.98. The van der Waals surface area contributed by atoms with E-state index in [2.05, 4.69) is 5.32 Å². The zero-order chi connectivity index (χ0) is 15.6. The second kappa shape index (κ2) is 5.94. The van der Waals surface area contributed by atoms with Gasteiger partial charge in [-0.15, -0.1) is 0 Å². The van der Waals surface area contributed by atoms with Crippen LogP contribution < -0.4 is 10.8 Å². The molecule has 8 nitrogen and oxygen atoms in total. The van der Waals surface area contributed by atoms with Crippen LogP contribution in [-0.4, -0.2) is 46.2 Å². The number of hydrogen-bond acceptors (Lipinski definition) is 5. The van der Waals surface area contributed by atoms with Crippen molar-refractivity contribution in [3.63, 3.8) is 0 Å². The fourth-order valence-electron chi connectivity index (χ4n) is 1.97. The lowest BCUT2D eigenvalue weighted by atomic mass is 9.79. The van der Waals surface area contributed by atoms with Crippen molar-refractivity contribution >= 4 is 30.4 Å². The number of aliphatic carboxylic acids is 2. The molecule has 4 N–H and O–H groups in total. The fourth-order valence-corrected chi connectivity index (χ4v) is 1.97. The van der Waals surface area contributed by atoms with Crippen LogP contribution in [0, 0.1) is 0 Å². The molecule has 0 bridgehead atoms. The third-order valence-corrected chi connectivity index (χ3v) is 3.05. The molecule has 1 amide bonds. The van der Waals surface area contributed by atoms with E-state index in [0.717, 1.165) is 5.56 Å². The first-order chi connectivity index (χ1) is 9.88. The van der Waals surface area contributed by atoms with E-state index in [0.29, 0.717) is 5.46 Å². The summed E-state index contributed by atoms with van der Waals surface area (Å²) >= 11 is 0. The molecule has 0 fully saturated rings. The number of carboxylic acids is 2. The second-order valence-corrected chi connectivity index (χ2v) is 4.54. The smallest absolute Gasteiger partial charge is 0.481 e. The van der Waals surface area contributed by atoms with E-state index in [1.807, 2.05) is 0 Å². The highest BCUT2D eigenvalue weighted by molar-refractivity contribution is 6.61. The normalized spacial score (nSPS) is 14.4. The van der Waals surface area contributed by atoms with Gasteiger partial charge in [0.15, 0.2) is 0 Å². The van der Waals surface area contributed by atoms with E-state index < -0.39 is 37.4 Å². The van der Waals surface area contributed by atoms with Crippen molar-refractivity contribution in [2.45, 2.75) is 19.1 Å². The Morgan fingerprint density at radius 1 is 1.33 bits per heavy atom. The summed E-state index contributed by atoms with van der Waals surface area (Å²) in [4.78, 5) is 33.4. The number of hydrogen-bond donors (Lipinski definition) is 4. The molecule has 1 aliphatic rings. The van der Waals surface area contributed by atoms with Crippen LogP contribution >= 0.6 is 0 Å². The molecule has 0 unspecified atom stereocenters. The highest BCUT2D eigenvalue weighted by Gasteiger charge is 2.29. The molecule has 0 aromatic heterocycles. The predicted molar refractivity (Wildman–Crippen MR) is 70.0 cm³/mol. The molecule has 2 rings (SSSR count). The first-order valence-corrected chi connectivity index (χ1v) is 6.06. The average molecular weight is 293 g/mol. The number of nitrogens with one attached hydrogen (secondary N) is 1. The maximum Gasteiger partial charge on any atom is 0.491 e.